The Morgan fingerprint density at radius 3 is 1.43 bits per heavy atom. The molecule has 6 aromatic rings. The lowest BCUT2D eigenvalue weighted by atomic mass is 9.83. The lowest BCUT2D eigenvalue weighted by molar-refractivity contribution is 0.669. The Morgan fingerprint density at radius 1 is 0.500 bits per heavy atom. The normalized spacial score (nSPS) is 14.9. The molecule has 0 unspecified atom stereocenters. The van der Waals surface area contributed by atoms with Gasteiger partial charge in [0, 0.05) is 10.8 Å². The Morgan fingerprint density at radius 2 is 0.929 bits per heavy atom. The maximum atomic E-state index is 6.22. The van der Waals surface area contributed by atoms with Crippen molar-refractivity contribution in [2.75, 3.05) is 4.90 Å². The first-order valence-corrected chi connectivity index (χ1v) is 9.58. The van der Waals surface area contributed by atoms with Gasteiger partial charge in [0.25, 0.3) is 0 Å². The summed E-state index contributed by atoms with van der Waals surface area (Å²) in [6.07, 6.45) is 0. The van der Waals surface area contributed by atoms with Crippen molar-refractivity contribution in [1.29, 1.82) is 0 Å². The van der Waals surface area contributed by atoms with Gasteiger partial charge >= 0.3 is 0 Å². The smallest absolute Gasteiger partial charge is 0.137 e. The molecule has 0 saturated heterocycles. The highest BCUT2D eigenvalue weighted by Gasteiger charge is 2.39. The molecule has 4 aromatic carbocycles. The third kappa shape index (κ3) is 1.29. The van der Waals surface area contributed by atoms with Crippen molar-refractivity contribution >= 4 is 55.3 Å². The van der Waals surface area contributed by atoms with Crippen molar-refractivity contribution in [1.82, 2.24) is 0 Å². The highest BCUT2D eigenvalue weighted by molar-refractivity contribution is 6.21. The van der Waals surface area contributed by atoms with Crippen LogP contribution >= 0.6 is 0 Å². The molecule has 0 fully saturated rings. The molecular weight excluding hydrogens is 346 g/mol. The Labute approximate surface area is 159 Å². The van der Waals surface area contributed by atoms with Crippen LogP contribution in [0.4, 0.5) is 11.4 Å². The first-order chi connectivity index (χ1) is 13.9. The van der Waals surface area contributed by atoms with E-state index in [1.807, 2.05) is 0 Å². The number of benzene rings is 4. The second-order valence-electron chi connectivity index (χ2n) is 7.72. The number of rotatable bonds is 0. The van der Waals surface area contributed by atoms with Crippen LogP contribution in [0.1, 0.15) is 17.2 Å². The first kappa shape index (κ1) is 13.4. The molecule has 130 valence electrons. The minimum atomic E-state index is 0.110. The molecule has 3 heteroatoms. The van der Waals surface area contributed by atoms with Gasteiger partial charge in [0.2, 0.25) is 0 Å². The quantitative estimate of drug-likeness (QED) is 0.291. The molecule has 3 nitrogen and oxygen atoms in total. The largest absolute Gasteiger partial charge is 0.456 e. The number of anilines is 2. The Balaban J connectivity index is 1.68. The van der Waals surface area contributed by atoms with E-state index >= 15 is 0 Å². The van der Waals surface area contributed by atoms with Gasteiger partial charge in [-0.2, -0.15) is 0 Å². The van der Waals surface area contributed by atoms with Gasteiger partial charge in [-0.05, 0) is 47.5 Å². The van der Waals surface area contributed by atoms with E-state index in [2.05, 4.69) is 77.7 Å². The van der Waals surface area contributed by atoms with Gasteiger partial charge in [-0.1, -0.05) is 36.4 Å². The van der Waals surface area contributed by atoms with Crippen LogP contribution in [-0.2, 0) is 0 Å². The minimum absolute atomic E-state index is 0.110. The highest BCUT2D eigenvalue weighted by Crippen LogP contribution is 2.57. The molecule has 0 amide bonds. The molecule has 0 bridgehead atoms. The zero-order chi connectivity index (χ0) is 18.0. The van der Waals surface area contributed by atoms with E-state index in [1.165, 1.54) is 44.0 Å². The van der Waals surface area contributed by atoms with Crippen LogP contribution in [-0.4, -0.2) is 0 Å². The van der Waals surface area contributed by atoms with Gasteiger partial charge in [-0.15, -0.1) is 0 Å². The van der Waals surface area contributed by atoms with E-state index in [0.717, 1.165) is 22.3 Å². The predicted octanol–water partition coefficient (Wildman–Crippen LogP) is 7.04. The molecule has 2 aliphatic rings. The van der Waals surface area contributed by atoms with Gasteiger partial charge < -0.3 is 13.7 Å². The van der Waals surface area contributed by atoms with Gasteiger partial charge in [-0.3, -0.25) is 0 Å². The first-order valence-electron chi connectivity index (χ1n) is 9.58. The van der Waals surface area contributed by atoms with Crippen LogP contribution in [0.2, 0.25) is 0 Å². The summed E-state index contributed by atoms with van der Waals surface area (Å²) in [4.78, 5) is 2.47. The molecule has 2 aromatic heterocycles. The van der Waals surface area contributed by atoms with Crippen molar-refractivity contribution in [3.8, 4) is 0 Å². The molecule has 0 N–H and O–H groups in total. The summed E-state index contributed by atoms with van der Waals surface area (Å²) in [5, 5.41) is 4.90. The second kappa shape index (κ2) is 4.23. The summed E-state index contributed by atoms with van der Waals surface area (Å²) in [5.41, 5.74) is 8.82. The Kier molecular flexibility index (Phi) is 2.03. The van der Waals surface area contributed by atoms with Crippen molar-refractivity contribution in [3.05, 3.63) is 83.9 Å². The molecule has 0 atom stereocenters. The summed E-state index contributed by atoms with van der Waals surface area (Å²) >= 11 is 0. The number of hydrogen-bond donors (Lipinski definition) is 0. The summed E-state index contributed by atoms with van der Waals surface area (Å²) < 4.78 is 12.4. The van der Waals surface area contributed by atoms with E-state index in [1.54, 1.807) is 0 Å². The fourth-order valence-corrected chi connectivity index (χ4v) is 5.46. The maximum Gasteiger partial charge on any atom is 0.137 e. The maximum absolute atomic E-state index is 6.22. The number of fused-ring (bicyclic) bond motifs is 5. The third-order valence-corrected chi connectivity index (χ3v) is 6.43. The van der Waals surface area contributed by atoms with Gasteiger partial charge in [0.15, 0.2) is 0 Å². The van der Waals surface area contributed by atoms with Crippen LogP contribution in [0.5, 0.6) is 0 Å². The number of nitrogens with zero attached hydrogens (tertiary/aromatic N) is 1. The Bertz CT molecular complexity index is 1400. The third-order valence-electron chi connectivity index (χ3n) is 6.43. The number of hydrogen-bond acceptors (Lipinski definition) is 3. The molecule has 0 saturated carbocycles. The fourth-order valence-electron chi connectivity index (χ4n) is 5.46. The summed E-state index contributed by atoms with van der Waals surface area (Å²) in [7, 11) is 0. The van der Waals surface area contributed by atoms with Crippen LogP contribution in [0.15, 0.2) is 81.6 Å². The molecule has 8 rings (SSSR count). The monoisotopic (exact) mass is 359 g/mol. The minimum Gasteiger partial charge on any atom is -0.456 e. The van der Waals surface area contributed by atoms with Crippen molar-refractivity contribution < 1.29 is 8.83 Å². The molecule has 0 radical (unpaired) electrons. The van der Waals surface area contributed by atoms with Gasteiger partial charge in [-0.25, -0.2) is 0 Å². The average Bonchev–Trinajstić information content (AvgIpc) is 3.31. The molecule has 2 aliphatic heterocycles. The Hall–Kier alpha value is -3.72. The topological polar surface area (TPSA) is 29.5 Å². The van der Waals surface area contributed by atoms with Crippen LogP contribution < -0.4 is 4.90 Å². The predicted molar refractivity (Wildman–Crippen MR) is 111 cm³/mol. The molecule has 4 heterocycles. The molecule has 28 heavy (non-hydrogen) atoms. The van der Waals surface area contributed by atoms with Crippen LogP contribution in [0, 0.1) is 0 Å². The molecule has 0 aliphatic carbocycles. The molecular formula is C25H13NO2. The lowest BCUT2D eigenvalue weighted by Gasteiger charge is -2.40. The summed E-state index contributed by atoms with van der Waals surface area (Å²) in [5.74, 6) is 0. The van der Waals surface area contributed by atoms with E-state index in [-0.39, 0.29) is 6.04 Å². The van der Waals surface area contributed by atoms with Crippen molar-refractivity contribution in [3.63, 3.8) is 0 Å². The highest BCUT2D eigenvalue weighted by atomic mass is 16.3. The van der Waals surface area contributed by atoms with E-state index < -0.39 is 0 Å². The number of furan rings is 2. The van der Waals surface area contributed by atoms with Crippen LogP contribution in [0.25, 0.3) is 43.9 Å². The SMILES string of the molecule is c1cc2c3c(c1)oc1cccc(c13)N1c3cccc4oc5cccc(c5c34)C21. The lowest BCUT2D eigenvalue weighted by Crippen LogP contribution is -2.29. The zero-order valence-electron chi connectivity index (χ0n) is 14.8. The zero-order valence-corrected chi connectivity index (χ0v) is 14.8. The fraction of sp³-hybridized carbons (Fsp3) is 0.0400. The van der Waals surface area contributed by atoms with Crippen molar-refractivity contribution in [2.45, 2.75) is 6.04 Å². The van der Waals surface area contributed by atoms with Gasteiger partial charge in [0.1, 0.15) is 22.3 Å². The standard InChI is InChI=1S/C25H13NO2/c1-5-13-21-17(9-1)27-19-11-3-7-15(23(19)21)26-16-8-4-12-20-24(16)22-14(25(13)26)6-2-10-18(22)28-20/h1-12,25H. The van der Waals surface area contributed by atoms with Crippen molar-refractivity contribution in [2.24, 2.45) is 0 Å². The van der Waals surface area contributed by atoms with Crippen LogP contribution in [0.3, 0.4) is 0 Å². The summed E-state index contributed by atoms with van der Waals surface area (Å²) in [6.45, 7) is 0. The second-order valence-corrected chi connectivity index (χ2v) is 7.72. The average molecular weight is 359 g/mol. The molecule has 0 spiro atoms. The van der Waals surface area contributed by atoms with E-state index in [4.69, 9.17) is 8.83 Å². The van der Waals surface area contributed by atoms with E-state index in [0.29, 0.717) is 0 Å². The van der Waals surface area contributed by atoms with Gasteiger partial charge in [0.05, 0.1) is 28.2 Å². The summed E-state index contributed by atoms with van der Waals surface area (Å²) in [6, 6.07) is 25.7. The van der Waals surface area contributed by atoms with E-state index in [9.17, 15) is 0 Å².